The van der Waals surface area contributed by atoms with Crippen LogP contribution in [0.1, 0.15) is 96.8 Å². The molecule has 0 rings (SSSR count). The van der Waals surface area contributed by atoms with Crippen LogP contribution < -0.4 is 0 Å². The fourth-order valence-electron chi connectivity index (χ4n) is 2.29. The molecule has 0 atom stereocenters. The predicted molar refractivity (Wildman–Crippen MR) is 77.9 cm³/mol. The Balaban J connectivity index is -0.00000144. The van der Waals surface area contributed by atoms with Crippen molar-refractivity contribution in [1.82, 2.24) is 0 Å². The third-order valence-electron chi connectivity index (χ3n) is 3.49. The Morgan fingerprint density at radius 2 is 1.00 bits per heavy atom. The zero-order valence-electron chi connectivity index (χ0n) is 13.3. The molecule has 0 aliphatic heterocycles. The molecule has 0 aromatic carbocycles. The monoisotopic (exact) mass is 383 g/mol. The maximum absolute atomic E-state index is 10.3. The van der Waals surface area contributed by atoms with Crippen molar-refractivity contribution in [1.29, 1.82) is 0 Å². The van der Waals surface area contributed by atoms with Crippen LogP contribution in [0.15, 0.2) is 0 Å². The average Bonchev–Trinajstić information content (AvgIpc) is 2.34. The van der Waals surface area contributed by atoms with Gasteiger partial charge in [0.1, 0.15) is 0 Å². The van der Waals surface area contributed by atoms with E-state index in [4.69, 9.17) is 5.11 Å². The Labute approximate surface area is 149 Å². The van der Waals surface area contributed by atoms with Crippen molar-refractivity contribution in [3.8, 4) is 0 Å². The van der Waals surface area contributed by atoms with E-state index in [9.17, 15) is 4.79 Å². The van der Waals surface area contributed by atoms with Crippen LogP contribution in [-0.4, -0.2) is 11.1 Å². The summed E-state index contributed by atoms with van der Waals surface area (Å²) < 4.78 is 0. The predicted octanol–water partition coefficient (Wildman–Crippen LogP) is 5.55. The third kappa shape index (κ3) is 23.7. The Kier molecular flexibility index (Phi) is 28.0. The molecule has 121 valence electrons. The number of hydrogen-bond acceptors (Lipinski definition) is 1. The van der Waals surface area contributed by atoms with Crippen LogP contribution in [0.4, 0.5) is 0 Å². The van der Waals surface area contributed by atoms with E-state index >= 15 is 0 Å². The van der Waals surface area contributed by atoms with E-state index in [1.165, 1.54) is 70.6 Å². The number of carbonyl (C=O) groups is 1. The van der Waals surface area contributed by atoms with Crippen LogP contribution >= 0.6 is 0 Å². The number of hydrogen-bond donors (Lipinski definition) is 1. The van der Waals surface area contributed by atoms with E-state index < -0.39 is 5.97 Å². The van der Waals surface area contributed by atoms with E-state index in [1.54, 1.807) is 0 Å². The molecule has 0 saturated carbocycles. The van der Waals surface area contributed by atoms with Gasteiger partial charge in [0.2, 0.25) is 0 Å². The van der Waals surface area contributed by atoms with Crippen LogP contribution in [0.25, 0.3) is 0 Å². The number of unbranched alkanes of at least 4 members (excludes halogenated alkanes) is 12. The minimum absolute atomic E-state index is 0. The molecule has 0 amide bonds. The van der Waals surface area contributed by atoms with Crippen LogP contribution in [0.2, 0.25) is 0 Å². The fraction of sp³-hybridized carbons (Fsp3) is 0.938. The van der Waals surface area contributed by atoms with Gasteiger partial charge < -0.3 is 5.11 Å². The molecule has 1 radical (unpaired) electrons. The summed E-state index contributed by atoms with van der Waals surface area (Å²) in [4.78, 5) is 10.3. The second-order valence-corrected chi connectivity index (χ2v) is 5.39. The quantitative estimate of drug-likeness (QED) is 0.315. The van der Waals surface area contributed by atoms with Crippen molar-refractivity contribution in [2.24, 2.45) is 0 Å². The molecule has 1 N–H and O–H groups in total. The summed E-state index contributed by atoms with van der Waals surface area (Å²) in [7, 11) is 0. The molecule has 0 saturated heterocycles. The molecular formula is C16H32CuO2Zn. The minimum atomic E-state index is -0.655. The molecule has 0 aliphatic rings. The Morgan fingerprint density at radius 1 is 0.700 bits per heavy atom. The zero-order valence-corrected chi connectivity index (χ0v) is 17.2. The molecule has 0 aromatic heterocycles. The second-order valence-electron chi connectivity index (χ2n) is 5.39. The first kappa shape index (κ1) is 25.6. The van der Waals surface area contributed by atoms with E-state index in [-0.39, 0.29) is 36.5 Å². The van der Waals surface area contributed by atoms with Crippen molar-refractivity contribution in [2.45, 2.75) is 96.8 Å². The molecule has 0 spiro atoms. The number of aliphatic carboxylic acids is 1. The van der Waals surface area contributed by atoms with Crippen molar-refractivity contribution in [3.05, 3.63) is 0 Å². The fourth-order valence-corrected chi connectivity index (χ4v) is 2.29. The Morgan fingerprint density at radius 3 is 1.30 bits per heavy atom. The number of rotatable bonds is 14. The van der Waals surface area contributed by atoms with Gasteiger partial charge in [0.05, 0.1) is 0 Å². The van der Waals surface area contributed by atoms with Crippen LogP contribution in [0.3, 0.4) is 0 Å². The van der Waals surface area contributed by atoms with Crippen LogP contribution in [0, 0.1) is 0 Å². The molecular weight excluding hydrogens is 353 g/mol. The van der Waals surface area contributed by atoms with Gasteiger partial charge in [-0.3, -0.25) is 4.79 Å². The normalized spacial score (nSPS) is 9.65. The summed E-state index contributed by atoms with van der Waals surface area (Å²) in [5.74, 6) is -0.655. The molecule has 4 heteroatoms. The van der Waals surface area contributed by atoms with E-state index in [1.807, 2.05) is 0 Å². The third-order valence-corrected chi connectivity index (χ3v) is 3.49. The smallest absolute Gasteiger partial charge is 0.303 e. The molecule has 0 fully saturated rings. The van der Waals surface area contributed by atoms with Crippen molar-refractivity contribution < 1.29 is 46.4 Å². The Hall–Kier alpha value is 0.613. The van der Waals surface area contributed by atoms with E-state index in [2.05, 4.69) is 6.92 Å². The molecule has 2 nitrogen and oxygen atoms in total. The summed E-state index contributed by atoms with van der Waals surface area (Å²) in [5.41, 5.74) is 0. The van der Waals surface area contributed by atoms with Crippen molar-refractivity contribution >= 4 is 5.97 Å². The summed E-state index contributed by atoms with van der Waals surface area (Å²) in [6.07, 6.45) is 17.3. The minimum Gasteiger partial charge on any atom is -0.481 e. The average molecular weight is 385 g/mol. The Bertz CT molecular complexity index is 189. The topological polar surface area (TPSA) is 37.3 Å². The van der Waals surface area contributed by atoms with Gasteiger partial charge >= 0.3 is 5.97 Å². The largest absolute Gasteiger partial charge is 0.481 e. The van der Waals surface area contributed by atoms with Gasteiger partial charge in [-0.25, -0.2) is 0 Å². The van der Waals surface area contributed by atoms with Crippen molar-refractivity contribution in [2.75, 3.05) is 0 Å². The molecule has 20 heavy (non-hydrogen) atoms. The zero-order chi connectivity index (χ0) is 13.5. The molecule has 0 aromatic rings. The maximum Gasteiger partial charge on any atom is 0.303 e. The van der Waals surface area contributed by atoms with Gasteiger partial charge in [-0.05, 0) is 6.42 Å². The van der Waals surface area contributed by atoms with Gasteiger partial charge in [0.15, 0.2) is 0 Å². The molecule has 0 unspecified atom stereocenters. The summed E-state index contributed by atoms with van der Waals surface area (Å²) in [6.45, 7) is 2.26. The molecule has 0 aliphatic carbocycles. The van der Waals surface area contributed by atoms with Gasteiger partial charge in [0.25, 0.3) is 0 Å². The standard InChI is InChI=1S/C16H32O2.Cu.Zn/c1-2-3-4-5-6-7-8-9-10-11-12-13-14-15-16(17)18;;/h2-15H2,1H3,(H,17,18);;. The van der Waals surface area contributed by atoms with Gasteiger partial charge in [-0.1, -0.05) is 84.0 Å². The van der Waals surface area contributed by atoms with Gasteiger partial charge in [-0.2, -0.15) is 0 Å². The summed E-state index contributed by atoms with van der Waals surface area (Å²) >= 11 is 0. The number of carboxylic acids is 1. The number of carboxylic acid groups (broad SMARTS) is 1. The van der Waals surface area contributed by atoms with Gasteiger partial charge in [0, 0.05) is 43.0 Å². The first-order valence-corrected chi connectivity index (χ1v) is 7.99. The van der Waals surface area contributed by atoms with Crippen LogP contribution in [0.5, 0.6) is 0 Å². The van der Waals surface area contributed by atoms with Crippen LogP contribution in [-0.2, 0) is 41.3 Å². The first-order valence-electron chi connectivity index (χ1n) is 7.99. The first-order chi connectivity index (χ1) is 8.77. The SMILES string of the molecule is CCCCCCCCCCCCCCCC(=O)O.[Cu].[Zn]. The molecule has 0 heterocycles. The van der Waals surface area contributed by atoms with Gasteiger partial charge in [-0.15, -0.1) is 0 Å². The molecule has 0 bridgehead atoms. The summed E-state index contributed by atoms with van der Waals surface area (Å²) in [6, 6.07) is 0. The summed E-state index contributed by atoms with van der Waals surface area (Å²) in [5, 5.41) is 8.49. The van der Waals surface area contributed by atoms with Crippen molar-refractivity contribution in [3.63, 3.8) is 0 Å². The van der Waals surface area contributed by atoms with E-state index in [0.717, 1.165) is 12.8 Å². The second kappa shape index (κ2) is 21.9. The maximum atomic E-state index is 10.3. The van der Waals surface area contributed by atoms with E-state index in [0.29, 0.717) is 6.42 Å².